The first kappa shape index (κ1) is 25.4. The monoisotopic (exact) mass is 486 g/mol. The molecule has 0 aliphatic heterocycles. The minimum absolute atomic E-state index is 0.147. The van der Waals surface area contributed by atoms with Gasteiger partial charge in [-0.1, -0.05) is 31.5 Å². The summed E-state index contributed by atoms with van der Waals surface area (Å²) in [6.07, 6.45) is -2.15. The summed E-state index contributed by atoms with van der Waals surface area (Å²) >= 11 is 0. The first-order valence-corrected chi connectivity index (χ1v) is 10.5. The molecule has 0 amide bonds. The maximum absolute atomic E-state index is 14.5. The van der Waals surface area contributed by atoms with Crippen molar-refractivity contribution in [2.75, 3.05) is 0 Å². The number of halogens is 7. The van der Waals surface area contributed by atoms with E-state index in [0.29, 0.717) is 17.5 Å². The van der Waals surface area contributed by atoms with Crippen molar-refractivity contribution >= 4 is 0 Å². The number of aryl methyl sites for hydroxylation is 3. The fourth-order valence-electron chi connectivity index (χ4n) is 3.41. The maximum atomic E-state index is 14.5. The molecule has 34 heavy (non-hydrogen) atoms. The Balaban J connectivity index is 1.64. The SMILES string of the molecule is CCCc1ccc(C(F)(F)Oc2ccc(CCc3cc(F)c(OC(F)F)c(F)c3)cc2)c(F)c1. The summed E-state index contributed by atoms with van der Waals surface area (Å²) in [7, 11) is 0. The van der Waals surface area contributed by atoms with Crippen molar-refractivity contribution in [1.82, 2.24) is 0 Å². The van der Waals surface area contributed by atoms with Gasteiger partial charge in [0, 0.05) is 0 Å². The van der Waals surface area contributed by atoms with Crippen molar-refractivity contribution in [3.63, 3.8) is 0 Å². The van der Waals surface area contributed by atoms with Gasteiger partial charge in [0.2, 0.25) is 0 Å². The molecular weight excluding hydrogens is 465 g/mol. The summed E-state index contributed by atoms with van der Waals surface area (Å²) in [4.78, 5) is 0. The number of hydrogen-bond acceptors (Lipinski definition) is 2. The smallest absolute Gasteiger partial charge is 0.429 e. The Labute approximate surface area is 191 Å². The van der Waals surface area contributed by atoms with Crippen molar-refractivity contribution in [3.05, 3.63) is 94.3 Å². The number of ether oxygens (including phenoxy) is 2. The van der Waals surface area contributed by atoms with E-state index < -0.39 is 41.5 Å². The van der Waals surface area contributed by atoms with Crippen LogP contribution in [0.1, 0.15) is 35.6 Å². The summed E-state index contributed by atoms with van der Waals surface area (Å²) in [5.41, 5.74) is 0.574. The predicted molar refractivity (Wildman–Crippen MR) is 112 cm³/mol. The Bertz CT molecular complexity index is 1090. The zero-order chi connectivity index (χ0) is 24.9. The van der Waals surface area contributed by atoms with E-state index in [0.717, 1.165) is 30.7 Å². The molecule has 0 atom stereocenters. The zero-order valence-electron chi connectivity index (χ0n) is 18.1. The van der Waals surface area contributed by atoms with E-state index in [4.69, 9.17) is 4.74 Å². The van der Waals surface area contributed by atoms with Crippen LogP contribution in [0.25, 0.3) is 0 Å². The van der Waals surface area contributed by atoms with Crippen molar-refractivity contribution in [2.24, 2.45) is 0 Å². The van der Waals surface area contributed by atoms with E-state index in [2.05, 4.69) is 4.74 Å². The fourth-order valence-corrected chi connectivity index (χ4v) is 3.41. The van der Waals surface area contributed by atoms with Crippen LogP contribution in [-0.4, -0.2) is 6.61 Å². The van der Waals surface area contributed by atoms with E-state index in [1.165, 1.54) is 30.3 Å². The molecule has 0 bridgehead atoms. The second-order valence-corrected chi connectivity index (χ2v) is 7.59. The molecule has 3 rings (SSSR count). The van der Waals surface area contributed by atoms with Crippen LogP contribution in [-0.2, 0) is 25.4 Å². The van der Waals surface area contributed by atoms with E-state index in [1.807, 2.05) is 6.92 Å². The molecule has 0 aromatic heterocycles. The first-order chi connectivity index (χ1) is 16.1. The van der Waals surface area contributed by atoms with Gasteiger partial charge in [0.25, 0.3) is 0 Å². The second kappa shape index (κ2) is 10.8. The lowest BCUT2D eigenvalue weighted by atomic mass is 10.0. The van der Waals surface area contributed by atoms with Gasteiger partial charge < -0.3 is 9.47 Å². The summed E-state index contributed by atoms with van der Waals surface area (Å²) in [5.74, 6) is -4.92. The number of alkyl halides is 4. The summed E-state index contributed by atoms with van der Waals surface area (Å²) in [5, 5.41) is 0. The van der Waals surface area contributed by atoms with Crippen LogP contribution in [0, 0.1) is 17.5 Å². The van der Waals surface area contributed by atoms with Crippen molar-refractivity contribution in [1.29, 1.82) is 0 Å². The standard InChI is InChI=1S/C25H21F7O2/c1-2-3-16-8-11-19(20(26)12-16)25(31,32)34-18-9-6-15(7-10-18)4-5-17-13-21(27)23(22(28)14-17)33-24(29)30/h6-14,24H,2-5H2,1H3. The van der Waals surface area contributed by atoms with Crippen LogP contribution in [0.15, 0.2) is 54.6 Å². The average Bonchev–Trinajstić information content (AvgIpc) is 2.75. The fraction of sp³-hybridized carbons (Fsp3) is 0.280. The summed E-state index contributed by atoms with van der Waals surface area (Å²) in [6.45, 7) is -1.47. The highest BCUT2D eigenvalue weighted by Gasteiger charge is 2.37. The molecule has 0 saturated heterocycles. The van der Waals surface area contributed by atoms with Crippen LogP contribution in [0.2, 0.25) is 0 Å². The molecule has 3 aromatic rings. The second-order valence-electron chi connectivity index (χ2n) is 7.59. The minimum atomic E-state index is -3.90. The van der Waals surface area contributed by atoms with Gasteiger partial charge in [0.15, 0.2) is 17.4 Å². The van der Waals surface area contributed by atoms with Crippen molar-refractivity contribution in [2.45, 2.75) is 45.3 Å². The highest BCUT2D eigenvalue weighted by atomic mass is 19.3. The number of hydrogen-bond donors (Lipinski definition) is 0. The third-order valence-corrected chi connectivity index (χ3v) is 5.02. The molecule has 0 radical (unpaired) electrons. The molecule has 9 heteroatoms. The Morgan fingerprint density at radius 3 is 1.85 bits per heavy atom. The third-order valence-electron chi connectivity index (χ3n) is 5.02. The van der Waals surface area contributed by atoms with E-state index in [1.54, 1.807) is 0 Å². The quantitative estimate of drug-likeness (QED) is 0.275. The largest absolute Gasteiger partial charge is 0.429 e. The Kier molecular flexibility index (Phi) is 8.06. The third kappa shape index (κ3) is 6.42. The topological polar surface area (TPSA) is 18.5 Å². The van der Waals surface area contributed by atoms with Gasteiger partial charge in [-0.2, -0.15) is 17.6 Å². The molecule has 0 aliphatic rings. The van der Waals surface area contributed by atoms with Crippen molar-refractivity contribution in [3.8, 4) is 11.5 Å². The van der Waals surface area contributed by atoms with Crippen LogP contribution in [0.3, 0.4) is 0 Å². The predicted octanol–water partition coefficient (Wildman–Crippen LogP) is 7.57. The lowest BCUT2D eigenvalue weighted by Gasteiger charge is -2.19. The lowest BCUT2D eigenvalue weighted by Crippen LogP contribution is -2.23. The molecule has 0 heterocycles. The average molecular weight is 486 g/mol. The minimum Gasteiger partial charge on any atom is -0.429 e. The Morgan fingerprint density at radius 2 is 1.29 bits per heavy atom. The molecule has 3 aromatic carbocycles. The Morgan fingerprint density at radius 1 is 0.735 bits per heavy atom. The van der Waals surface area contributed by atoms with Gasteiger partial charge in [-0.3, -0.25) is 0 Å². The van der Waals surface area contributed by atoms with E-state index >= 15 is 0 Å². The molecular formula is C25H21F7O2. The molecule has 0 saturated carbocycles. The van der Waals surface area contributed by atoms with Crippen molar-refractivity contribution < 1.29 is 40.2 Å². The summed E-state index contributed by atoms with van der Waals surface area (Å²) in [6, 6.07) is 10.8. The zero-order valence-corrected chi connectivity index (χ0v) is 18.1. The van der Waals surface area contributed by atoms with Gasteiger partial charge in [0.1, 0.15) is 11.6 Å². The highest BCUT2D eigenvalue weighted by Crippen LogP contribution is 2.34. The van der Waals surface area contributed by atoms with Gasteiger partial charge in [-0.25, -0.2) is 13.2 Å². The van der Waals surface area contributed by atoms with Gasteiger partial charge >= 0.3 is 12.7 Å². The number of rotatable bonds is 10. The lowest BCUT2D eigenvalue weighted by molar-refractivity contribution is -0.187. The van der Waals surface area contributed by atoms with E-state index in [9.17, 15) is 30.7 Å². The molecule has 182 valence electrons. The van der Waals surface area contributed by atoms with Crippen LogP contribution < -0.4 is 9.47 Å². The molecule has 0 unspecified atom stereocenters. The van der Waals surface area contributed by atoms with Gasteiger partial charge in [-0.15, -0.1) is 0 Å². The molecule has 0 N–H and O–H groups in total. The normalized spacial score (nSPS) is 11.7. The molecule has 0 spiro atoms. The van der Waals surface area contributed by atoms with Gasteiger partial charge in [-0.05, 0) is 72.4 Å². The first-order valence-electron chi connectivity index (χ1n) is 10.5. The molecule has 2 nitrogen and oxygen atoms in total. The van der Waals surface area contributed by atoms with Crippen LogP contribution >= 0.6 is 0 Å². The van der Waals surface area contributed by atoms with E-state index in [-0.39, 0.29) is 24.2 Å². The molecule has 0 aliphatic carbocycles. The maximum Gasteiger partial charge on any atom is 0.429 e. The Hall–Kier alpha value is -3.23. The van der Waals surface area contributed by atoms with Crippen LogP contribution in [0.4, 0.5) is 30.7 Å². The number of benzene rings is 3. The summed E-state index contributed by atoms with van der Waals surface area (Å²) < 4.78 is 104. The molecule has 0 fully saturated rings. The van der Waals surface area contributed by atoms with Crippen LogP contribution in [0.5, 0.6) is 11.5 Å². The highest BCUT2D eigenvalue weighted by molar-refractivity contribution is 5.34. The van der Waals surface area contributed by atoms with Gasteiger partial charge in [0.05, 0.1) is 5.56 Å².